The van der Waals surface area contributed by atoms with Crippen LogP contribution in [-0.2, 0) is 0 Å². The van der Waals surface area contributed by atoms with E-state index in [1.807, 2.05) is 30.5 Å². The summed E-state index contributed by atoms with van der Waals surface area (Å²) in [6.45, 7) is 2.75. The SMILES string of the molecule is CCCCNC1=C([N+](=O)[O-])C(SC)c2ccccc2O1. The Morgan fingerprint density at radius 3 is 2.85 bits per heavy atom. The average molecular weight is 294 g/mol. The summed E-state index contributed by atoms with van der Waals surface area (Å²) < 4.78 is 5.70. The molecule has 0 bridgehead atoms. The van der Waals surface area contributed by atoms with Crippen LogP contribution in [0.1, 0.15) is 30.6 Å². The molecule has 1 N–H and O–H groups in total. The molecule has 0 amide bonds. The molecule has 0 spiro atoms. The highest BCUT2D eigenvalue weighted by Crippen LogP contribution is 2.44. The van der Waals surface area contributed by atoms with Crippen LogP contribution >= 0.6 is 11.8 Å². The smallest absolute Gasteiger partial charge is 0.323 e. The second kappa shape index (κ2) is 6.65. The largest absolute Gasteiger partial charge is 0.435 e. The van der Waals surface area contributed by atoms with Gasteiger partial charge < -0.3 is 10.1 Å². The number of benzene rings is 1. The summed E-state index contributed by atoms with van der Waals surface area (Å²) >= 11 is 1.45. The number of hydrogen-bond acceptors (Lipinski definition) is 5. The molecule has 108 valence electrons. The molecular weight excluding hydrogens is 276 g/mol. The lowest BCUT2D eigenvalue weighted by molar-refractivity contribution is -0.431. The third-order valence-electron chi connectivity index (χ3n) is 3.14. The molecule has 6 heteroatoms. The molecule has 1 atom stereocenters. The topological polar surface area (TPSA) is 64.4 Å². The fourth-order valence-corrected chi connectivity index (χ4v) is 3.01. The maximum Gasteiger partial charge on any atom is 0.323 e. The first-order chi connectivity index (χ1) is 9.69. The minimum absolute atomic E-state index is 0.104. The second-order valence-electron chi connectivity index (χ2n) is 4.51. The standard InChI is InChI=1S/C14H18N2O3S/c1-3-4-9-15-14-12(16(17)18)13(20-2)10-7-5-6-8-11(10)19-14/h5-8,13,15H,3-4,9H2,1-2H3. The minimum Gasteiger partial charge on any atom is -0.435 e. The number of nitrogens with zero attached hydrogens (tertiary/aromatic N) is 1. The van der Waals surface area contributed by atoms with Crippen molar-refractivity contribution in [1.82, 2.24) is 5.32 Å². The highest BCUT2D eigenvalue weighted by Gasteiger charge is 2.37. The van der Waals surface area contributed by atoms with E-state index >= 15 is 0 Å². The summed E-state index contributed by atoms with van der Waals surface area (Å²) in [7, 11) is 0. The first kappa shape index (κ1) is 14.7. The molecule has 1 heterocycles. The molecule has 0 saturated carbocycles. The Morgan fingerprint density at radius 2 is 2.20 bits per heavy atom. The van der Waals surface area contributed by atoms with Gasteiger partial charge in [0.05, 0.1) is 4.92 Å². The van der Waals surface area contributed by atoms with E-state index in [1.54, 1.807) is 0 Å². The normalized spacial score (nSPS) is 17.4. The van der Waals surface area contributed by atoms with E-state index in [1.165, 1.54) is 11.8 Å². The van der Waals surface area contributed by atoms with Gasteiger partial charge in [0.2, 0.25) is 0 Å². The third-order valence-corrected chi connectivity index (χ3v) is 4.09. The summed E-state index contributed by atoms with van der Waals surface area (Å²) in [6.07, 6.45) is 3.85. The Balaban J connectivity index is 2.37. The van der Waals surface area contributed by atoms with Gasteiger partial charge in [-0.3, -0.25) is 10.1 Å². The van der Waals surface area contributed by atoms with Crippen LogP contribution in [0, 0.1) is 10.1 Å². The van der Waals surface area contributed by atoms with Crippen molar-refractivity contribution >= 4 is 11.8 Å². The zero-order chi connectivity index (χ0) is 14.5. The molecule has 1 aliphatic rings. The van der Waals surface area contributed by atoms with Gasteiger partial charge in [-0.05, 0) is 18.7 Å². The quantitative estimate of drug-likeness (QED) is 0.495. The summed E-state index contributed by atoms with van der Waals surface area (Å²) in [6, 6.07) is 7.47. The molecule has 0 radical (unpaired) electrons. The fraction of sp³-hybridized carbons (Fsp3) is 0.429. The maximum absolute atomic E-state index is 11.4. The zero-order valence-electron chi connectivity index (χ0n) is 11.6. The van der Waals surface area contributed by atoms with Crippen molar-refractivity contribution in [1.29, 1.82) is 0 Å². The van der Waals surface area contributed by atoms with Crippen LogP contribution < -0.4 is 10.1 Å². The Kier molecular flexibility index (Phi) is 4.89. The Labute approximate surface area is 122 Å². The lowest BCUT2D eigenvalue weighted by Crippen LogP contribution is -2.28. The Hall–Kier alpha value is -1.69. The monoisotopic (exact) mass is 294 g/mol. The number of rotatable bonds is 6. The summed E-state index contributed by atoms with van der Waals surface area (Å²) in [5, 5.41) is 14.1. The van der Waals surface area contributed by atoms with E-state index in [-0.39, 0.29) is 21.8 Å². The van der Waals surface area contributed by atoms with Crippen molar-refractivity contribution in [3.05, 3.63) is 51.5 Å². The van der Waals surface area contributed by atoms with Crippen LogP contribution in [-0.4, -0.2) is 17.7 Å². The van der Waals surface area contributed by atoms with Gasteiger partial charge in [0, 0.05) is 12.1 Å². The lowest BCUT2D eigenvalue weighted by atomic mass is 10.1. The molecule has 1 aromatic rings. The average Bonchev–Trinajstić information content (AvgIpc) is 2.45. The lowest BCUT2D eigenvalue weighted by Gasteiger charge is -2.24. The van der Waals surface area contributed by atoms with Crippen molar-refractivity contribution in [2.24, 2.45) is 0 Å². The van der Waals surface area contributed by atoms with Gasteiger partial charge in [0.1, 0.15) is 11.0 Å². The van der Waals surface area contributed by atoms with E-state index in [9.17, 15) is 10.1 Å². The van der Waals surface area contributed by atoms with Crippen LogP contribution in [0.5, 0.6) is 5.75 Å². The first-order valence-corrected chi connectivity index (χ1v) is 7.89. The summed E-state index contributed by atoms with van der Waals surface area (Å²) in [5.74, 6) is 0.970. The number of fused-ring (bicyclic) bond motifs is 1. The van der Waals surface area contributed by atoms with Crippen molar-refractivity contribution in [3.63, 3.8) is 0 Å². The highest BCUT2D eigenvalue weighted by molar-refractivity contribution is 7.99. The van der Waals surface area contributed by atoms with E-state index < -0.39 is 0 Å². The van der Waals surface area contributed by atoms with Crippen molar-refractivity contribution in [2.75, 3.05) is 12.8 Å². The maximum atomic E-state index is 11.4. The van der Waals surface area contributed by atoms with Crippen LogP contribution in [0.2, 0.25) is 0 Å². The number of unbranched alkanes of at least 4 members (excludes halogenated alkanes) is 1. The minimum atomic E-state index is -0.342. The number of hydrogen-bond donors (Lipinski definition) is 1. The van der Waals surface area contributed by atoms with E-state index in [2.05, 4.69) is 12.2 Å². The molecule has 0 fully saturated rings. The molecule has 2 rings (SSSR count). The first-order valence-electron chi connectivity index (χ1n) is 6.61. The van der Waals surface area contributed by atoms with E-state index in [0.29, 0.717) is 12.3 Å². The number of nitro groups is 1. The second-order valence-corrected chi connectivity index (χ2v) is 5.45. The molecule has 0 aliphatic carbocycles. The molecule has 0 saturated heterocycles. The number of ether oxygens (including phenoxy) is 1. The van der Waals surface area contributed by atoms with Gasteiger partial charge in [0.25, 0.3) is 5.88 Å². The summed E-state index contributed by atoms with van der Waals surface area (Å²) in [4.78, 5) is 11.0. The Bertz CT molecular complexity index is 531. The van der Waals surface area contributed by atoms with Gasteiger partial charge >= 0.3 is 5.70 Å². The Morgan fingerprint density at radius 1 is 1.45 bits per heavy atom. The van der Waals surface area contributed by atoms with Gasteiger partial charge in [-0.1, -0.05) is 31.5 Å². The highest BCUT2D eigenvalue weighted by atomic mass is 32.2. The molecule has 5 nitrogen and oxygen atoms in total. The fourth-order valence-electron chi connectivity index (χ4n) is 2.14. The predicted molar refractivity (Wildman–Crippen MR) is 80.3 cm³/mol. The van der Waals surface area contributed by atoms with Crippen LogP contribution in [0.3, 0.4) is 0 Å². The van der Waals surface area contributed by atoms with Gasteiger partial charge in [-0.2, -0.15) is 0 Å². The van der Waals surface area contributed by atoms with Gasteiger partial charge in [-0.25, -0.2) is 0 Å². The van der Waals surface area contributed by atoms with Crippen LogP contribution in [0.4, 0.5) is 0 Å². The van der Waals surface area contributed by atoms with Crippen molar-refractivity contribution in [2.45, 2.75) is 25.0 Å². The molecule has 1 aliphatic heterocycles. The number of thioether (sulfide) groups is 1. The summed E-state index contributed by atoms with van der Waals surface area (Å²) in [5.41, 5.74) is 0.958. The van der Waals surface area contributed by atoms with Crippen molar-refractivity contribution < 1.29 is 9.66 Å². The number of para-hydroxylation sites is 1. The molecular formula is C14H18N2O3S. The van der Waals surface area contributed by atoms with Crippen LogP contribution in [0.15, 0.2) is 35.8 Å². The molecule has 1 unspecified atom stereocenters. The predicted octanol–water partition coefficient (Wildman–Crippen LogP) is 3.32. The van der Waals surface area contributed by atoms with E-state index in [4.69, 9.17) is 4.74 Å². The van der Waals surface area contributed by atoms with Gasteiger partial charge in [0.15, 0.2) is 0 Å². The van der Waals surface area contributed by atoms with E-state index in [0.717, 1.165) is 18.4 Å². The van der Waals surface area contributed by atoms with Gasteiger partial charge in [-0.15, -0.1) is 11.8 Å². The zero-order valence-corrected chi connectivity index (χ0v) is 12.4. The molecule has 1 aromatic carbocycles. The molecule has 20 heavy (non-hydrogen) atoms. The third kappa shape index (κ3) is 2.90. The van der Waals surface area contributed by atoms with Crippen LogP contribution in [0.25, 0.3) is 0 Å². The molecule has 0 aromatic heterocycles. The van der Waals surface area contributed by atoms with Crippen molar-refractivity contribution in [3.8, 4) is 5.75 Å². The number of nitrogens with one attached hydrogen (secondary N) is 1.